The molecule has 1 rings (SSSR count). The predicted octanol–water partition coefficient (Wildman–Crippen LogP) is 4.12. The van der Waals surface area contributed by atoms with Crippen LogP contribution in [0.5, 0.6) is 0 Å². The lowest BCUT2D eigenvalue weighted by molar-refractivity contribution is -0.134. The second-order valence-corrected chi connectivity index (χ2v) is 4.23. The highest BCUT2D eigenvalue weighted by Gasteiger charge is 2.31. The molecule has 0 fully saturated rings. The molecule has 0 radical (unpaired) electrons. The summed E-state index contributed by atoms with van der Waals surface area (Å²) in [5.74, 6) is 0. The normalized spacial score (nSPS) is 14.1. The van der Waals surface area contributed by atoms with Crippen molar-refractivity contribution in [3.63, 3.8) is 0 Å². The summed E-state index contributed by atoms with van der Waals surface area (Å²) >= 11 is 8.47. The monoisotopic (exact) mass is 287 g/mol. The number of alkyl halides is 4. The molecule has 78 valence electrons. The van der Waals surface area contributed by atoms with Gasteiger partial charge in [0.15, 0.2) is 0 Å². The highest BCUT2D eigenvalue weighted by molar-refractivity contribution is 9.09. The molecule has 1 aromatic heterocycles. The first-order valence-corrected chi connectivity index (χ1v) is 5.00. The second-order valence-electron chi connectivity index (χ2n) is 2.69. The van der Waals surface area contributed by atoms with Crippen molar-refractivity contribution in [3.05, 3.63) is 29.0 Å². The summed E-state index contributed by atoms with van der Waals surface area (Å²) in [6.07, 6.45) is -3.82. The third-order valence-corrected chi connectivity index (χ3v) is 2.50. The van der Waals surface area contributed by atoms with Gasteiger partial charge >= 0.3 is 6.18 Å². The SMILES string of the molecule is FC(F)(F)CC(Br)c1ccc(Cl)cn1. The van der Waals surface area contributed by atoms with Crippen molar-refractivity contribution in [2.75, 3.05) is 0 Å². The molecule has 0 spiro atoms. The Bertz CT molecular complexity index is 298. The third kappa shape index (κ3) is 3.84. The molecular formula is C8H6BrClF3N. The number of halogens is 5. The Morgan fingerprint density at radius 1 is 1.43 bits per heavy atom. The van der Waals surface area contributed by atoms with E-state index in [0.717, 1.165) is 0 Å². The van der Waals surface area contributed by atoms with E-state index in [4.69, 9.17) is 11.6 Å². The van der Waals surface area contributed by atoms with Crippen LogP contribution in [0.3, 0.4) is 0 Å². The summed E-state index contributed by atoms with van der Waals surface area (Å²) < 4.78 is 36.0. The molecular weight excluding hydrogens is 282 g/mol. The Morgan fingerprint density at radius 2 is 2.07 bits per heavy atom. The first-order valence-electron chi connectivity index (χ1n) is 3.71. The van der Waals surface area contributed by atoms with Crippen molar-refractivity contribution in [2.24, 2.45) is 0 Å². The lowest BCUT2D eigenvalue weighted by atomic mass is 10.2. The maximum absolute atomic E-state index is 12.0. The largest absolute Gasteiger partial charge is 0.390 e. The van der Waals surface area contributed by atoms with Gasteiger partial charge in [-0.15, -0.1) is 0 Å². The summed E-state index contributed by atoms with van der Waals surface area (Å²) in [7, 11) is 0. The molecule has 1 unspecified atom stereocenters. The van der Waals surface area contributed by atoms with Gasteiger partial charge in [-0.25, -0.2) is 0 Å². The van der Waals surface area contributed by atoms with Gasteiger partial charge in [-0.2, -0.15) is 13.2 Å². The summed E-state index contributed by atoms with van der Waals surface area (Å²) in [5, 5.41) is 0.403. The fourth-order valence-electron chi connectivity index (χ4n) is 0.880. The average molecular weight is 288 g/mol. The molecule has 0 aliphatic heterocycles. The molecule has 0 aliphatic carbocycles. The molecule has 0 saturated carbocycles. The Kier molecular flexibility index (Phi) is 3.78. The van der Waals surface area contributed by atoms with Crippen molar-refractivity contribution in [1.82, 2.24) is 4.98 Å². The van der Waals surface area contributed by atoms with Crippen molar-refractivity contribution in [2.45, 2.75) is 17.4 Å². The summed E-state index contributed by atoms with van der Waals surface area (Å²) in [6.45, 7) is 0. The molecule has 0 aromatic carbocycles. The fourth-order valence-corrected chi connectivity index (χ4v) is 1.63. The molecule has 0 aliphatic rings. The van der Waals surface area contributed by atoms with Gasteiger partial charge in [-0.3, -0.25) is 4.98 Å². The average Bonchev–Trinajstić information content (AvgIpc) is 2.02. The van der Waals surface area contributed by atoms with Crippen LogP contribution in [0.2, 0.25) is 5.02 Å². The highest BCUT2D eigenvalue weighted by Crippen LogP contribution is 2.34. The molecule has 0 saturated heterocycles. The fraction of sp³-hybridized carbons (Fsp3) is 0.375. The van der Waals surface area contributed by atoms with Crippen molar-refractivity contribution < 1.29 is 13.2 Å². The van der Waals surface area contributed by atoms with Gasteiger partial charge in [-0.1, -0.05) is 27.5 Å². The van der Waals surface area contributed by atoms with Gasteiger partial charge in [0.1, 0.15) is 0 Å². The molecule has 0 amide bonds. The van der Waals surface area contributed by atoms with Crippen LogP contribution in [0.1, 0.15) is 16.9 Å². The number of aromatic nitrogens is 1. The van der Waals surface area contributed by atoms with Crippen LogP contribution in [0.4, 0.5) is 13.2 Å². The zero-order valence-corrected chi connectivity index (χ0v) is 9.20. The van der Waals surface area contributed by atoms with Crippen LogP contribution < -0.4 is 0 Å². The Hall–Kier alpha value is -0.290. The van der Waals surface area contributed by atoms with Gasteiger partial charge < -0.3 is 0 Å². The van der Waals surface area contributed by atoms with E-state index in [1.807, 2.05) is 0 Å². The minimum atomic E-state index is -4.20. The topological polar surface area (TPSA) is 12.9 Å². The first-order chi connectivity index (χ1) is 6.38. The van der Waals surface area contributed by atoms with E-state index < -0.39 is 17.4 Å². The summed E-state index contributed by atoms with van der Waals surface area (Å²) in [5.41, 5.74) is 0.326. The van der Waals surface area contributed by atoms with Gasteiger partial charge in [0.25, 0.3) is 0 Å². The van der Waals surface area contributed by atoms with Gasteiger partial charge in [0.2, 0.25) is 0 Å². The lowest BCUT2D eigenvalue weighted by Gasteiger charge is -2.11. The number of pyridine rings is 1. The lowest BCUT2D eigenvalue weighted by Crippen LogP contribution is -2.11. The minimum absolute atomic E-state index is 0.326. The molecule has 0 N–H and O–H groups in total. The molecule has 1 atom stereocenters. The van der Waals surface area contributed by atoms with Crippen LogP contribution >= 0.6 is 27.5 Å². The Balaban J connectivity index is 2.70. The Morgan fingerprint density at radius 3 is 2.50 bits per heavy atom. The molecule has 6 heteroatoms. The number of hydrogen-bond donors (Lipinski definition) is 0. The van der Waals surface area contributed by atoms with E-state index in [2.05, 4.69) is 20.9 Å². The molecule has 0 bridgehead atoms. The number of rotatable bonds is 2. The third-order valence-electron chi connectivity index (χ3n) is 1.48. The maximum Gasteiger partial charge on any atom is 0.390 e. The second kappa shape index (κ2) is 4.49. The zero-order valence-electron chi connectivity index (χ0n) is 6.85. The summed E-state index contributed by atoms with van der Waals surface area (Å²) in [4.78, 5) is 2.96. The van der Waals surface area contributed by atoms with E-state index in [0.29, 0.717) is 10.7 Å². The Labute approximate surface area is 92.4 Å². The van der Waals surface area contributed by atoms with Crippen LogP contribution in [-0.2, 0) is 0 Å². The van der Waals surface area contributed by atoms with Crippen molar-refractivity contribution in [1.29, 1.82) is 0 Å². The van der Waals surface area contributed by atoms with Gasteiger partial charge in [-0.05, 0) is 12.1 Å². The van der Waals surface area contributed by atoms with Gasteiger partial charge in [0.05, 0.1) is 22.0 Å². The van der Waals surface area contributed by atoms with E-state index >= 15 is 0 Å². The van der Waals surface area contributed by atoms with Crippen LogP contribution in [0.15, 0.2) is 18.3 Å². The molecule has 1 nitrogen and oxygen atoms in total. The molecule has 14 heavy (non-hydrogen) atoms. The van der Waals surface area contributed by atoms with Crippen molar-refractivity contribution >= 4 is 27.5 Å². The predicted molar refractivity (Wildman–Crippen MR) is 51.6 cm³/mol. The van der Waals surface area contributed by atoms with Crippen molar-refractivity contribution in [3.8, 4) is 0 Å². The van der Waals surface area contributed by atoms with E-state index in [1.54, 1.807) is 0 Å². The minimum Gasteiger partial charge on any atom is -0.259 e. The first kappa shape index (κ1) is 11.8. The van der Waals surface area contributed by atoms with E-state index in [1.165, 1.54) is 18.3 Å². The molecule has 1 aromatic rings. The van der Waals surface area contributed by atoms with E-state index in [-0.39, 0.29) is 0 Å². The zero-order chi connectivity index (χ0) is 10.8. The number of hydrogen-bond acceptors (Lipinski definition) is 1. The van der Waals surface area contributed by atoms with Crippen LogP contribution in [-0.4, -0.2) is 11.2 Å². The van der Waals surface area contributed by atoms with Gasteiger partial charge in [0, 0.05) is 6.20 Å². The summed E-state index contributed by atoms with van der Waals surface area (Å²) in [6, 6.07) is 2.97. The van der Waals surface area contributed by atoms with E-state index in [9.17, 15) is 13.2 Å². The quantitative estimate of drug-likeness (QED) is 0.746. The smallest absolute Gasteiger partial charge is 0.259 e. The molecule has 1 heterocycles. The van der Waals surface area contributed by atoms with Crippen LogP contribution in [0, 0.1) is 0 Å². The standard InChI is InChI=1S/C8H6BrClF3N/c9-6(3-8(11,12)13)7-2-1-5(10)4-14-7/h1-2,4,6H,3H2. The maximum atomic E-state index is 12.0. The van der Waals surface area contributed by atoms with Crippen LogP contribution in [0.25, 0.3) is 0 Å². The number of nitrogens with zero attached hydrogens (tertiary/aromatic N) is 1. The highest BCUT2D eigenvalue weighted by atomic mass is 79.9.